The van der Waals surface area contributed by atoms with Gasteiger partial charge in [0.15, 0.2) is 0 Å². The summed E-state index contributed by atoms with van der Waals surface area (Å²) in [5, 5.41) is 8.60. The highest BCUT2D eigenvalue weighted by molar-refractivity contribution is 5.74. The number of carbonyl (C=O) groups is 1. The molecule has 6 heteroatoms. The third-order valence-electron chi connectivity index (χ3n) is 1.93. The lowest BCUT2D eigenvalue weighted by molar-refractivity contribution is -0.138. The minimum absolute atomic E-state index is 0.107. The number of pyridine rings is 1. The smallest absolute Gasteiger partial charge is 0.417 e. The standard InChI is InChI=1S/C9H8F3NO2/c1-5(8(14)15)7-3-2-6(4-13-7)9(10,11)12/h2-5H,1H3,(H,14,15). The Kier molecular flexibility index (Phi) is 2.97. The second-order valence-electron chi connectivity index (χ2n) is 3.03. The highest BCUT2D eigenvalue weighted by atomic mass is 19.4. The molecule has 0 aromatic carbocycles. The van der Waals surface area contributed by atoms with Crippen molar-refractivity contribution in [3.8, 4) is 0 Å². The van der Waals surface area contributed by atoms with E-state index in [4.69, 9.17) is 5.11 Å². The zero-order valence-electron chi connectivity index (χ0n) is 7.75. The van der Waals surface area contributed by atoms with Crippen LogP contribution in [0, 0.1) is 0 Å². The molecular formula is C9H8F3NO2. The molecule has 1 atom stereocenters. The van der Waals surface area contributed by atoms with Crippen LogP contribution in [-0.2, 0) is 11.0 Å². The Balaban J connectivity index is 2.95. The lowest BCUT2D eigenvalue weighted by atomic mass is 10.1. The Hall–Kier alpha value is -1.59. The second-order valence-corrected chi connectivity index (χ2v) is 3.03. The molecule has 0 aliphatic heterocycles. The molecule has 0 aliphatic rings. The summed E-state index contributed by atoms with van der Waals surface area (Å²) in [4.78, 5) is 14.0. The van der Waals surface area contributed by atoms with Gasteiger partial charge in [-0.05, 0) is 19.1 Å². The average molecular weight is 219 g/mol. The Morgan fingerprint density at radius 1 is 1.47 bits per heavy atom. The van der Waals surface area contributed by atoms with Crippen LogP contribution < -0.4 is 0 Å². The summed E-state index contributed by atoms with van der Waals surface area (Å²) in [5.41, 5.74) is -0.778. The van der Waals surface area contributed by atoms with E-state index in [2.05, 4.69) is 4.98 Å². The zero-order chi connectivity index (χ0) is 11.6. The molecule has 1 N–H and O–H groups in total. The van der Waals surface area contributed by atoms with Gasteiger partial charge in [0, 0.05) is 6.20 Å². The highest BCUT2D eigenvalue weighted by Crippen LogP contribution is 2.29. The molecular weight excluding hydrogens is 211 g/mol. The molecule has 0 saturated heterocycles. The van der Waals surface area contributed by atoms with E-state index in [0.717, 1.165) is 12.1 Å². The molecule has 0 saturated carbocycles. The fourth-order valence-corrected chi connectivity index (χ4v) is 0.956. The third kappa shape index (κ3) is 2.68. The van der Waals surface area contributed by atoms with Gasteiger partial charge in [0.05, 0.1) is 17.2 Å². The van der Waals surface area contributed by atoms with Crippen molar-refractivity contribution in [2.75, 3.05) is 0 Å². The summed E-state index contributed by atoms with van der Waals surface area (Å²) in [6.45, 7) is 1.36. The largest absolute Gasteiger partial charge is 0.481 e. The van der Waals surface area contributed by atoms with Crippen molar-refractivity contribution in [3.63, 3.8) is 0 Å². The normalized spacial score (nSPS) is 13.6. The van der Waals surface area contributed by atoms with Crippen molar-refractivity contribution in [1.82, 2.24) is 4.98 Å². The minimum Gasteiger partial charge on any atom is -0.481 e. The van der Waals surface area contributed by atoms with E-state index < -0.39 is 23.6 Å². The fourth-order valence-electron chi connectivity index (χ4n) is 0.956. The van der Waals surface area contributed by atoms with E-state index >= 15 is 0 Å². The van der Waals surface area contributed by atoms with Crippen LogP contribution >= 0.6 is 0 Å². The first-order valence-corrected chi connectivity index (χ1v) is 4.08. The first-order chi connectivity index (χ1) is 6.82. The summed E-state index contributed by atoms with van der Waals surface area (Å²) >= 11 is 0. The van der Waals surface area contributed by atoms with Crippen LogP contribution in [0.3, 0.4) is 0 Å². The fraction of sp³-hybridized carbons (Fsp3) is 0.333. The number of nitrogens with zero attached hydrogens (tertiary/aromatic N) is 1. The van der Waals surface area contributed by atoms with Crippen LogP contribution in [-0.4, -0.2) is 16.1 Å². The van der Waals surface area contributed by atoms with Gasteiger partial charge in [0.25, 0.3) is 0 Å². The summed E-state index contributed by atoms with van der Waals surface area (Å²) in [6, 6.07) is 1.89. The number of carboxylic acid groups (broad SMARTS) is 1. The van der Waals surface area contributed by atoms with E-state index in [0.29, 0.717) is 6.20 Å². The molecule has 82 valence electrons. The first kappa shape index (κ1) is 11.5. The summed E-state index contributed by atoms with van der Waals surface area (Å²) in [6.07, 6.45) is -3.81. The van der Waals surface area contributed by atoms with Gasteiger partial charge in [-0.2, -0.15) is 13.2 Å². The summed E-state index contributed by atoms with van der Waals surface area (Å²) in [5.74, 6) is -2.03. The van der Waals surface area contributed by atoms with Crippen molar-refractivity contribution in [1.29, 1.82) is 0 Å². The van der Waals surface area contributed by atoms with Crippen LogP contribution in [0.25, 0.3) is 0 Å². The predicted molar refractivity (Wildman–Crippen MR) is 45.3 cm³/mol. The lowest BCUT2D eigenvalue weighted by Gasteiger charge is -2.08. The molecule has 1 unspecified atom stereocenters. The molecule has 1 aromatic heterocycles. The number of aliphatic carboxylic acids is 1. The van der Waals surface area contributed by atoms with Gasteiger partial charge >= 0.3 is 12.1 Å². The number of alkyl halides is 3. The van der Waals surface area contributed by atoms with Crippen LogP contribution in [0.4, 0.5) is 13.2 Å². The van der Waals surface area contributed by atoms with E-state index in [1.807, 2.05) is 0 Å². The van der Waals surface area contributed by atoms with Gasteiger partial charge in [-0.3, -0.25) is 9.78 Å². The molecule has 1 aromatic rings. The topological polar surface area (TPSA) is 50.2 Å². The van der Waals surface area contributed by atoms with Crippen molar-refractivity contribution in [2.24, 2.45) is 0 Å². The third-order valence-corrected chi connectivity index (χ3v) is 1.93. The van der Waals surface area contributed by atoms with E-state index in [1.54, 1.807) is 0 Å². The predicted octanol–water partition coefficient (Wildman–Crippen LogP) is 2.29. The van der Waals surface area contributed by atoms with Gasteiger partial charge in [-0.25, -0.2) is 0 Å². The average Bonchev–Trinajstić information content (AvgIpc) is 2.15. The maximum atomic E-state index is 12.1. The summed E-state index contributed by atoms with van der Waals surface area (Å²) in [7, 11) is 0. The molecule has 1 heterocycles. The highest BCUT2D eigenvalue weighted by Gasteiger charge is 2.31. The zero-order valence-corrected chi connectivity index (χ0v) is 7.75. The van der Waals surface area contributed by atoms with Crippen molar-refractivity contribution >= 4 is 5.97 Å². The van der Waals surface area contributed by atoms with Crippen LogP contribution in [0.15, 0.2) is 18.3 Å². The molecule has 15 heavy (non-hydrogen) atoms. The van der Waals surface area contributed by atoms with Gasteiger partial charge in [-0.15, -0.1) is 0 Å². The van der Waals surface area contributed by atoms with Gasteiger partial charge in [0.1, 0.15) is 0 Å². The maximum Gasteiger partial charge on any atom is 0.417 e. The molecule has 0 spiro atoms. The van der Waals surface area contributed by atoms with Gasteiger partial charge in [-0.1, -0.05) is 0 Å². The van der Waals surface area contributed by atoms with Gasteiger partial charge < -0.3 is 5.11 Å². The van der Waals surface area contributed by atoms with Crippen LogP contribution in [0.2, 0.25) is 0 Å². The van der Waals surface area contributed by atoms with E-state index in [1.165, 1.54) is 6.92 Å². The SMILES string of the molecule is CC(C(=O)O)c1ccc(C(F)(F)F)cn1. The molecule has 0 fully saturated rings. The Labute approximate surface area is 83.6 Å². The minimum atomic E-state index is -4.45. The maximum absolute atomic E-state index is 12.1. The Morgan fingerprint density at radius 2 is 2.07 bits per heavy atom. The molecule has 0 aliphatic carbocycles. The molecule has 0 amide bonds. The van der Waals surface area contributed by atoms with Crippen molar-refractivity contribution in [2.45, 2.75) is 19.0 Å². The molecule has 0 radical (unpaired) electrons. The van der Waals surface area contributed by atoms with Crippen LogP contribution in [0.1, 0.15) is 24.1 Å². The van der Waals surface area contributed by atoms with Crippen LogP contribution in [0.5, 0.6) is 0 Å². The molecule has 3 nitrogen and oxygen atoms in total. The quantitative estimate of drug-likeness (QED) is 0.830. The number of hydrogen-bond donors (Lipinski definition) is 1. The molecule has 0 bridgehead atoms. The second kappa shape index (κ2) is 3.88. The number of hydrogen-bond acceptors (Lipinski definition) is 2. The number of carboxylic acids is 1. The number of rotatable bonds is 2. The lowest BCUT2D eigenvalue weighted by Crippen LogP contribution is -2.11. The Morgan fingerprint density at radius 3 is 2.40 bits per heavy atom. The first-order valence-electron chi connectivity index (χ1n) is 4.08. The van der Waals surface area contributed by atoms with Gasteiger partial charge in [0.2, 0.25) is 0 Å². The molecule has 1 rings (SSSR count). The van der Waals surface area contributed by atoms with E-state index in [9.17, 15) is 18.0 Å². The van der Waals surface area contributed by atoms with Crippen molar-refractivity contribution in [3.05, 3.63) is 29.6 Å². The number of halogens is 3. The van der Waals surface area contributed by atoms with E-state index in [-0.39, 0.29) is 5.69 Å². The summed E-state index contributed by atoms with van der Waals surface area (Å²) < 4.78 is 36.4. The van der Waals surface area contributed by atoms with Crippen molar-refractivity contribution < 1.29 is 23.1 Å². The number of aromatic nitrogens is 1. The monoisotopic (exact) mass is 219 g/mol. The Bertz CT molecular complexity index is 359.